The van der Waals surface area contributed by atoms with E-state index in [0.717, 1.165) is 38.5 Å². The summed E-state index contributed by atoms with van der Waals surface area (Å²) in [4.78, 5) is 24.0. The molecule has 3 nitrogen and oxygen atoms in total. The Balaban J connectivity index is 1.67. The van der Waals surface area contributed by atoms with E-state index in [0.29, 0.717) is 42.3 Å². The topological polar surface area (TPSA) is 43.4 Å². The van der Waals surface area contributed by atoms with Gasteiger partial charge in [0.2, 0.25) is 0 Å². The number of allylic oxidation sites excluding steroid dienone is 3. The van der Waals surface area contributed by atoms with Crippen LogP contribution in [0.15, 0.2) is 23.8 Å². The normalized spacial score (nSPS) is 42.4. The Morgan fingerprint density at radius 3 is 2.78 bits per heavy atom. The van der Waals surface area contributed by atoms with Crippen molar-refractivity contribution in [3.05, 3.63) is 23.8 Å². The lowest BCUT2D eigenvalue weighted by atomic mass is 9.49. The van der Waals surface area contributed by atoms with Crippen molar-refractivity contribution in [2.75, 3.05) is 0 Å². The molecule has 0 unspecified atom stereocenters. The third-order valence-corrected chi connectivity index (χ3v) is 8.07. The van der Waals surface area contributed by atoms with Crippen LogP contribution in [-0.2, 0) is 14.3 Å². The zero-order valence-corrected chi connectivity index (χ0v) is 16.5. The molecule has 6 atom stereocenters. The summed E-state index contributed by atoms with van der Waals surface area (Å²) >= 11 is 0. The first-order valence-electron chi connectivity index (χ1n) is 10.6. The maximum atomic E-state index is 12.2. The molecule has 0 amide bonds. The lowest BCUT2D eigenvalue weighted by Crippen LogP contribution is -2.55. The van der Waals surface area contributed by atoms with Gasteiger partial charge in [-0.05, 0) is 74.3 Å². The quantitative estimate of drug-likeness (QED) is 0.416. The van der Waals surface area contributed by atoms with E-state index in [1.54, 1.807) is 0 Å². The zero-order chi connectivity index (χ0) is 19.2. The number of esters is 1. The summed E-state index contributed by atoms with van der Waals surface area (Å²) in [6.07, 6.45) is 19.4. The highest BCUT2D eigenvalue weighted by Crippen LogP contribution is 2.64. The monoisotopic (exact) mass is 366 g/mol. The number of fused-ring (bicyclic) bond motifs is 5. The molecule has 0 radical (unpaired) electrons. The van der Waals surface area contributed by atoms with Crippen LogP contribution in [0.5, 0.6) is 0 Å². The van der Waals surface area contributed by atoms with Gasteiger partial charge in [-0.15, -0.1) is 6.42 Å². The largest absolute Gasteiger partial charge is 0.441 e. The molecule has 27 heavy (non-hydrogen) atoms. The molecule has 0 spiro atoms. The van der Waals surface area contributed by atoms with Gasteiger partial charge >= 0.3 is 5.97 Å². The third kappa shape index (κ3) is 2.56. The molecular formula is C24H30O3. The van der Waals surface area contributed by atoms with Gasteiger partial charge in [0.05, 0.1) is 0 Å². The van der Waals surface area contributed by atoms with E-state index in [-0.39, 0.29) is 11.4 Å². The minimum absolute atomic E-state index is 0.181. The lowest BCUT2D eigenvalue weighted by Gasteiger charge is -2.56. The highest BCUT2D eigenvalue weighted by molar-refractivity contribution is 5.91. The van der Waals surface area contributed by atoms with Gasteiger partial charge in [-0.25, -0.2) is 0 Å². The molecule has 0 heterocycles. The van der Waals surface area contributed by atoms with E-state index >= 15 is 0 Å². The molecule has 4 rings (SSSR count). The summed E-state index contributed by atoms with van der Waals surface area (Å²) < 4.78 is 5.94. The molecular weight excluding hydrogens is 336 g/mol. The summed E-state index contributed by atoms with van der Waals surface area (Å²) in [6, 6.07) is 0. The molecule has 0 aromatic rings. The number of hydrogen-bond donors (Lipinski definition) is 0. The fraction of sp³-hybridized carbons (Fsp3) is 0.667. The number of hydrogen-bond acceptors (Lipinski definition) is 3. The number of carbonyl (C=O) groups is 2. The molecule has 144 valence electrons. The molecule has 2 fully saturated rings. The van der Waals surface area contributed by atoms with Crippen LogP contribution in [0.4, 0.5) is 0 Å². The van der Waals surface area contributed by atoms with Crippen LogP contribution in [0.1, 0.15) is 65.2 Å². The van der Waals surface area contributed by atoms with E-state index < -0.39 is 5.60 Å². The van der Waals surface area contributed by atoms with Crippen molar-refractivity contribution in [1.82, 2.24) is 0 Å². The van der Waals surface area contributed by atoms with Gasteiger partial charge in [0.15, 0.2) is 11.4 Å². The first kappa shape index (κ1) is 18.5. The summed E-state index contributed by atoms with van der Waals surface area (Å²) in [5, 5.41) is 0. The minimum Gasteiger partial charge on any atom is -0.441 e. The van der Waals surface area contributed by atoms with Gasteiger partial charge < -0.3 is 4.74 Å². The minimum atomic E-state index is -0.900. The molecule has 0 saturated heterocycles. The molecule has 4 aliphatic rings. The predicted molar refractivity (Wildman–Crippen MR) is 105 cm³/mol. The summed E-state index contributed by atoms with van der Waals surface area (Å²) in [5.41, 5.74) is 0.307. The number of terminal acetylenes is 1. The SMILES string of the molecule is C#C[C@]1(OC(=O)CC)C=C[C@H]2[C@@H]3CCC4=CC(=O)CC[C@@H]4[C@H]3CC[C@@]21CC. The average molecular weight is 367 g/mol. The highest BCUT2D eigenvalue weighted by atomic mass is 16.6. The number of carbonyl (C=O) groups excluding carboxylic acids is 2. The van der Waals surface area contributed by atoms with Crippen molar-refractivity contribution in [3.63, 3.8) is 0 Å². The van der Waals surface area contributed by atoms with Crippen molar-refractivity contribution in [2.24, 2.45) is 29.1 Å². The zero-order valence-electron chi connectivity index (χ0n) is 16.5. The molecule has 3 heteroatoms. The highest BCUT2D eigenvalue weighted by Gasteiger charge is 2.63. The number of ether oxygens (including phenoxy) is 1. The van der Waals surface area contributed by atoms with Crippen molar-refractivity contribution >= 4 is 11.8 Å². The van der Waals surface area contributed by atoms with Crippen LogP contribution in [0.25, 0.3) is 0 Å². The Morgan fingerprint density at radius 1 is 1.26 bits per heavy atom. The second kappa shape index (κ2) is 6.66. The predicted octanol–water partition coefficient (Wildman–Crippen LogP) is 4.62. The van der Waals surface area contributed by atoms with Gasteiger partial charge in [0, 0.05) is 18.3 Å². The number of ketones is 1. The second-order valence-corrected chi connectivity index (χ2v) is 8.84. The summed E-state index contributed by atoms with van der Waals surface area (Å²) in [6.45, 7) is 4.01. The Bertz CT molecular complexity index is 754. The molecule has 4 aliphatic carbocycles. The van der Waals surface area contributed by atoms with Gasteiger partial charge in [0.25, 0.3) is 0 Å². The van der Waals surface area contributed by atoms with Gasteiger partial charge in [-0.1, -0.05) is 31.4 Å². The summed E-state index contributed by atoms with van der Waals surface area (Å²) in [7, 11) is 0. The Hall–Kier alpha value is -1.82. The van der Waals surface area contributed by atoms with Crippen LogP contribution >= 0.6 is 0 Å². The van der Waals surface area contributed by atoms with Crippen molar-refractivity contribution in [3.8, 4) is 12.3 Å². The van der Waals surface area contributed by atoms with Crippen LogP contribution in [0.3, 0.4) is 0 Å². The molecule has 0 aliphatic heterocycles. The maximum Gasteiger partial charge on any atom is 0.307 e. The van der Waals surface area contributed by atoms with Crippen molar-refractivity contribution in [1.29, 1.82) is 0 Å². The van der Waals surface area contributed by atoms with Gasteiger partial charge in [-0.2, -0.15) is 0 Å². The Kier molecular flexibility index (Phi) is 4.57. The lowest BCUT2D eigenvalue weighted by molar-refractivity contribution is -0.168. The van der Waals surface area contributed by atoms with E-state index in [9.17, 15) is 9.59 Å². The van der Waals surface area contributed by atoms with E-state index in [2.05, 4.69) is 18.9 Å². The van der Waals surface area contributed by atoms with E-state index in [1.165, 1.54) is 5.57 Å². The molecule has 0 aromatic heterocycles. The first-order chi connectivity index (χ1) is 13.0. The standard InChI is InChI=1S/C24H30O3/c1-4-22(26)27-24(6-3)14-12-21-20-9-7-16-15-17(25)8-10-18(16)19(20)11-13-23(21,24)5-2/h3,12,14-15,18-21H,4-5,7-11,13H2,1-2H3/t18-,19+,20+,21-,23-,24-/m0/s1. The number of rotatable bonds is 3. The average Bonchev–Trinajstić information content (AvgIpc) is 3.02. The summed E-state index contributed by atoms with van der Waals surface area (Å²) in [5.74, 6) is 5.11. The third-order valence-electron chi connectivity index (χ3n) is 8.07. The van der Waals surface area contributed by atoms with Crippen molar-refractivity contribution in [2.45, 2.75) is 70.8 Å². The van der Waals surface area contributed by atoms with Crippen LogP contribution < -0.4 is 0 Å². The fourth-order valence-corrected chi connectivity index (χ4v) is 6.77. The van der Waals surface area contributed by atoms with Crippen LogP contribution in [0, 0.1) is 41.4 Å². The molecule has 0 bridgehead atoms. The first-order valence-corrected chi connectivity index (χ1v) is 10.6. The van der Waals surface area contributed by atoms with E-state index in [4.69, 9.17) is 11.2 Å². The van der Waals surface area contributed by atoms with Crippen LogP contribution in [-0.4, -0.2) is 17.4 Å². The maximum absolute atomic E-state index is 12.2. The van der Waals surface area contributed by atoms with Gasteiger partial charge in [-0.3, -0.25) is 9.59 Å². The van der Waals surface area contributed by atoms with Crippen LogP contribution in [0.2, 0.25) is 0 Å². The molecule has 2 saturated carbocycles. The van der Waals surface area contributed by atoms with E-state index in [1.807, 2.05) is 19.1 Å². The van der Waals surface area contributed by atoms with Crippen molar-refractivity contribution < 1.29 is 14.3 Å². The molecule has 0 N–H and O–H groups in total. The molecule has 0 aromatic carbocycles. The fourth-order valence-electron chi connectivity index (χ4n) is 6.77. The smallest absolute Gasteiger partial charge is 0.307 e. The Morgan fingerprint density at radius 2 is 2.07 bits per heavy atom. The Labute approximate surface area is 162 Å². The van der Waals surface area contributed by atoms with Gasteiger partial charge in [0.1, 0.15) is 0 Å². The second-order valence-electron chi connectivity index (χ2n) is 8.84.